The van der Waals surface area contributed by atoms with Gasteiger partial charge in [0.25, 0.3) is 0 Å². The summed E-state index contributed by atoms with van der Waals surface area (Å²) in [4.78, 5) is 14.7. The maximum Gasteiger partial charge on any atom is 0.235 e. The van der Waals surface area contributed by atoms with Crippen molar-refractivity contribution in [3.63, 3.8) is 0 Å². The molecule has 7 nitrogen and oxygen atoms in total. The second-order valence-electron chi connectivity index (χ2n) is 7.00. The Morgan fingerprint density at radius 1 is 1.24 bits per heavy atom. The molecular weight excluding hydrogens is 388 g/mol. The van der Waals surface area contributed by atoms with Crippen molar-refractivity contribution >= 4 is 17.7 Å². The molecule has 0 bridgehead atoms. The number of amides is 1. The van der Waals surface area contributed by atoms with E-state index < -0.39 is 0 Å². The fourth-order valence-corrected chi connectivity index (χ4v) is 4.39. The van der Waals surface area contributed by atoms with Crippen molar-refractivity contribution in [1.29, 1.82) is 0 Å². The molecule has 4 rings (SSSR count). The molecule has 29 heavy (non-hydrogen) atoms. The normalized spacial score (nSPS) is 14.9. The minimum atomic E-state index is -0.231. The first-order chi connectivity index (χ1) is 14.2. The molecule has 1 atom stereocenters. The van der Waals surface area contributed by atoms with Gasteiger partial charge in [-0.15, -0.1) is 10.2 Å². The molecular formula is C21H24N4O3S. The van der Waals surface area contributed by atoms with Crippen LogP contribution in [0, 0.1) is 0 Å². The number of methoxy groups -OCH3 is 1. The molecule has 0 N–H and O–H groups in total. The van der Waals surface area contributed by atoms with E-state index in [1.807, 2.05) is 52.8 Å². The van der Waals surface area contributed by atoms with E-state index in [0.717, 1.165) is 43.0 Å². The van der Waals surface area contributed by atoms with E-state index in [1.165, 1.54) is 11.8 Å². The summed E-state index contributed by atoms with van der Waals surface area (Å²) >= 11 is 1.44. The number of ether oxygens (including phenoxy) is 1. The Kier molecular flexibility index (Phi) is 5.89. The number of hydrogen-bond donors (Lipinski definition) is 0. The summed E-state index contributed by atoms with van der Waals surface area (Å²) in [5.74, 6) is 2.42. The summed E-state index contributed by atoms with van der Waals surface area (Å²) in [7, 11) is 1.64. The number of thioether (sulfide) groups is 1. The SMILES string of the molecule is COc1cccc(-c2nnc(S[C@H](C)C(=O)N3CCCC3)n2Cc2ccco2)c1. The zero-order valence-corrected chi connectivity index (χ0v) is 17.4. The van der Waals surface area contributed by atoms with Crippen LogP contribution in [0.25, 0.3) is 11.4 Å². The molecule has 0 aliphatic carbocycles. The Hall–Kier alpha value is -2.74. The smallest absolute Gasteiger partial charge is 0.235 e. The van der Waals surface area contributed by atoms with Gasteiger partial charge in [-0.2, -0.15) is 0 Å². The third kappa shape index (κ3) is 4.32. The van der Waals surface area contributed by atoms with Gasteiger partial charge in [0.15, 0.2) is 11.0 Å². The molecule has 1 fully saturated rings. The number of aromatic nitrogens is 3. The van der Waals surface area contributed by atoms with Crippen LogP contribution in [-0.4, -0.2) is 51.0 Å². The van der Waals surface area contributed by atoms with Crippen LogP contribution in [0.5, 0.6) is 5.75 Å². The molecule has 1 saturated heterocycles. The minimum Gasteiger partial charge on any atom is -0.497 e. The second kappa shape index (κ2) is 8.73. The van der Waals surface area contributed by atoms with Gasteiger partial charge in [-0.05, 0) is 44.0 Å². The summed E-state index contributed by atoms with van der Waals surface area (Å²) in [6, 6.07) is 11.5. The topological polar surface area (TPSA) is 73.4 Å². The van der Waals surface area contributed by atoms with E-state index in [4.69, 9.17) is 9.15 Å². The van der Waals surface area contributed by atoms with E-state index in [2.05, 4.69) is 10.2 Å². The zero-order valence-electron chi connectivity index (χ0n) is 16.6. The number of likely N-dealkylation sites (tertiary alicyclic amines) is 1. The molecule has 1 amide bonds. The van der Waals surface area contributed by atoms with Crippen LogP contribution in [0.4, 0.5) is 0 Å². The number of rotatable bonds is 7. The van der Waals surface area contributed by atoms with Crippen molar-refractivity contribution in [1.82, 2.24) is 19.7 Å². The minimum absolute atomic E-state index is 0.156. The lowest BCUT2D eigenvalue weighted by Gasteiger charge is -2.19. The predicted octanol–water partition coefficient (Wildman–Crippen LogP) is 3.70. The molecule has 152 valence electrons. The highest BCUT2D eigenvalue weighted by molar-refractivity contribution is 8.00. The lowest BCUT2D eigenvalue weighted by Crippen LogP contribution is -2.34. The van der Waals surface area contributed by atoms with Crippen molar-refractivity contribution in [2.45, 2.75) is 36.7 Å². The van der Waals surface area contributed by atoms with Crippen LogP contribution in [-0.2, 0) is 11.3 Å². The summed E-state index contributed by atoms with van der Waals surface area (Å²) in [5.41, 5.74) is 0.897. The molecule has 0 spiro atoms. The van der Waals surface area contributed by atoms with Gasteiger partial charge in [0.1, 0.15) is 11.5 Å². The van der Waals surface area contributed by atoms with Crippen molar-refractivity contribution in [3.8, 4) is 17.1 Å². The average molecular weight is 413 g/mol. The third-order valence-corrected chi connectivity index (χ3v) is 6.05. The number of carbonyl (C=O) groups excluding carboxylic acids is 1. The first-order valence-corrected chi connectivity index (χ1v) is 10.6. The maximum atomic E-state index is 12.8. The summed E-state index contributed by atoms with van der Waals surface area (Å²) in [6.07, 6.45) is 3.81. The van der Waals surface area contributed by atoms with Gasteiger partial charge < -0.3 is 14.1 Å². The second-order valence-corrected chi connectivity index (χ2v) is 8.30. The van der Waals surface area contributed by atoms with E-state index in [9.17, 15) is 4.79 Å². The van der Waals surface area contributed by atoms with Crippen LogP contribution in [0.2, 0.25) is 0 Å². The van der Waals surface area contributed by atoms with Crippen LogP contribution in [0.15, 0.2) is 52.2 Å². The van der Waals surface area contributed by atoms with E-state index in [1.54, 1.807) is 13.4 Å². The standard InChI is InChI=1S/C21H24N4O3S/c1-15(20(26)24-10-3-4-11-24)29-21-23-22-19(16-7-5-8-17(13-16)27-2)25(21)14-18-9-6-12-28-18/h5-9,12-13,15H,3-4,10-11,14H2,1-2H3/t15-/m1/s1. The molecule has 8 heteroatoms. The third-order valence-electron chi connectivity index (χ3n) is 4.99. The molecule has 1 aliphatic rings. The molecule has 0 saturated carbocycles. The first kappa shape index (κ1) is 19.6. The Balaban J connectivity index is 1.64. The van der Waals surface area contributed by atoms with Crippen LogP contribution < -0.4 is 4.74 Å². The molecule has 3 aromatic rings. The van der Waals surface area contributed by atoms with E-state index in [-0.39, 0.29) is 11.2 Å². The lowest BCUT2D eigenvalue weighted by atomic mass is 10.2. The Labute approximate surface area is 174 Å². The van der Waals surface area contributed by atoms with E-state index in [0.29, 0.717) is 17.5 Å². The van der Waals surface area contributed by atoms with Crippen LogP contribution in [0.3, 0.4) is 0 Å². The maximum absolute atomic E-state index is 12.8. The molecule has 3 heterocycles. The monoisotopic (exact) mass is 412 g/mol. The van der Waals surface area contributed by atoms with Gasteiger partial charge >= 0.3 is 0 Å². The number of hydrogen-bond acceptors (Lipinski definition) is 6. The summed E-state index contributed by atoms with van der Waals surface area (Å²) in [6.45, 7) is 4.11. The summed E-state index contributed by atoms with van der Waals surface area (Å²) < 4.78 is 12.9. The highest BCUT2D eigenvalue weighted by atomic mass is 32.2. The van der Waals surface area contributed by atoms with Gasteiger partial charge in [-0.1, -0.05) is 23.9 Å². The number of nitrogens with zero attached hydrogens (tertiary/aromatic N) is 4. The van der Waals surface area contributed by atoms with Gasteiger partial charge in [-0.25, -0.2) is 0 Å². The van der Waals surface area contributed by atoms with Crippen molar-refractivity contribution in [3.05, 3.63) is 48.4 Å². The molecule has 0 radical (unpaired) electrons. The van der Waals surface area contributed by atoms with Crippen LogP contribution >= 0.6 is 11.8 Å². The molecule has 1 aromatic carbocycles. The van der Waals surface area contributed by atoms with Gasteiger partial charge in [0, 0.05) is 18.7 Å². The Morgan fingerprint density at radius 2 is 2.07 bits per heavy atom. The van der Waals surface area contributed by atoms with Gasteiger partial charge in [-0.3, -0.25) is 9.36 Å². The Morgan fingerprint density at radius 3 is 2.79 bits per heavy atom. The fourth-order valence-electron chi connectivity index (χ4n) is 3.46. The van der Waals surface area contributed by atoms with Gasteiger partial charge in [0.05, 0.1) is 25.2 Å². The van der Waals surface area contributed by atoms with Crippen molar-refractivity contribution in [2.24, 2.45) is 0 Å². The lowest BCUT2D eigenvalue weighted by molar-refractivity contribution is -0.129. The largest absolute Gasteiger partial charge is 0.497 e. The zero-order chi connectivity index (χ0) is 20.2. The molecule has 0 unspecified atom stereocenters. The number of furan rings is 1. The van der Waals surface area contributed by atoms with Crippen molar-refractivity contribution in [2.75, 3.05) is 20.2 Å². The number of benzene rings is 1. The quantitative estimate of drug-likeness (QED) is 0.551. The van der Waals surface area contributed by atoms with E-state index >= 15 is 0 Å². The highest BCUT2D eigenvalue weighted by Crippen LogP contribution is 2.30. The average Bonchev–Trinajstić information content (AvgIpc) is 3.51. The molecule has 1 aliphatic heterocycles. The fraction of sp³-hybridized carbons (Fsp3) is 0.381. The number of carbonyl (C=O) groups is 1. The van der Waals surface area contributed by atoms with Crippen LogP contribution in [0.1, 0.15) is 25.5 Å². The predicted molar refractivity (Wildman–Crippen MR) is 111 cm³/mol. The summed E-state index contributed by atoms with van der Waals surface area (Å²) in [5, 5.41) is 9.29. The van der Waals surface area contributed by atoms with Gasteiger partial charge in [0.2, 0.25) is 5.91 Å². The molecule has 2 aromatic heterocycles. The Bertz CT molecular complexity index is 964. The first-order valence-electron chi connectivity index (χ1n) is 9.71. The highest BCUT2D eigenvalue weighted by Gasteiger charge is 2.26. The van der Waals surface area contributed by atoms with Crippen molar-refractivity contribution < 1.29 is 13.9 Å².